The van der Waals surface area contributed by atoms with Crippen LogP contribution in [0.15, 0.2) is 212 Å². The molecule has 0 bridgehead atoms. The summed E-state index contributed by atoms with van der Waals surface area (Å²) in [7, 11) is 0. The zero-order chi connectivity index (χ0) is 72.3. The minimum absolute atomic E-state index is 0.179. The summed E-state index contributed by atoms with van der Waals surface area (Å²) >= 11 is 0. The quantitative estimate of drug-likeness (QED) is 0.0139. The van der Waals surface area contributed by atoms with E-state index in [1.807, 2.05) is 78.9 Å². The third-order valence-electron chi connectivity index (χ3n) is 16.5. The molecule has 0 N–H and O–H groups in total. The molecule has 10 aromatic rings. The van der Waals surface area contributed by atoms with Crippen molar-refractivity contribution < 1.29 is 95.1 Å². The predicted octanol–water partition coefficient (Wildman–Crippen LogP) is 22.0. The Bertz CT molecular complexity index is 4450. The van der Waals surface area contributed by atoms with E-state index in [2.05, 4.69) is 75.2 Å². The number of hydrogen-bond acceptors (Lipinski definition) is 8. The molecule has 0 aromatic heterocycles. The average Bonchev–Trinajstić information content (AvgIpc) is 0.722. The Kier molecular flexibility index (Phi) is 23.8. The molecule has 0 atom stereocenters. The lowest BCUT2D eigenvalue weighted by Crippen LogP contribution is -2.70. The van der Waals surface area contributed by atoms with Crippen LogP contribution in [0.5, 0.6) is 11.5 Å². The van der Waals surface area contributed by atoms with E-state index in [1.165, 1.54) is 45.5 Å². The van der Waals surface area contributed by atoms with Gasteiger partial charge in [0.2, 0.25) is 0 Å². The number of unbranched alkanes of at least 4 members (excludes halogenated alkanes) is 1. The van der Waals surface area contributed by atoms with Gasteiger partial charge in [0.1, 0.15) is 24.7 Å². The number of fused-ring (bicyclic) bond motifs is 6. The highest BCUT2D eigenvalue weighted by atomic mass is 19.4. The van der Waals surface area contributed by atoms with Crippen LogP contribution in [0.3, 0.4) is 0 Å². The second-order valence-corrected chi connectivity index (χ2v) is 23.4. The second kappa shape index (κ2) is 31.4. The molecule has 0 heterocycles. The normalized spacial score (nSPS) is 12.2. The second-order valence-electron chi connectivity index (χ2n) is 23.4. The molecule has 0 spiro atoms. The monoisotopic (exact) mass is 1380 g/mol. The molecule has 21 heteroatoms. The molecule has 0 amide bonds. The maximum Gasteiger partial charge on any atom is 0.460 e. The van der Waals surface area contributed by atoms with Gasteiger partial charge in [-0.2, -0.15) is 57.1 Å². The van der Waals surface area contributed by atoms with Crippen molar-refractivity contribution in [2.75, 3.05) is 13.2 Å². The predicted molar refractivity (Wildman–Crippen MR) is 358 cm³/mol. The topological polar surface area (TPSA) is 97.4 Å². The summed E-state index contributed by atoms with van der Waals surface area (Å²) in [6.07, 6.45) is -5.46. The molecule has 0 saturated heterocycles. The lowest BCUT2D eigenvalue weighted by molar-refractivity contribution is -0.440. The highest BCUT2D eigenvalue weighted by Gasteiger charge is 2.90. The van der Waals surface area contributed by atoms with Crippen molar-refractivity contribution in [1.29, 1.82) is 0 Å². The van der Waals surface area contributed by atoms with Gasteiger partial charge in [0, 0.05) is 51.5 Å². The van der Waals surface area contributed by atoms with Gasteiger partial charge in [0.15, 0.2) is 0 Å². The number of carbonyl (C=O) groups excluding carboxylic acids is 3. The van der Waals surface area contributed by atoms with Gasteiger partial charge in [-0.15, -0.1) is 0 Å². The Morgan fingerprint density at radius 2 is 0.707 bits per heavy atom. The fourth-order valence-corrected chi connectivity index (χ4v) is 11.2. The summed E-state index contributed by atoms with van der Waals surface area (Å²) in [4.78, 5) is 35.9. The first-order valence-electron chi connectivity index (χ1n) is 31.4. The first-order valence-corrected chi connectivity index (χ1v) is 31.4. The minimum Gasteiger partial charge on any atom is -0.462 e. The average molecular weight is 1380 g/mol. The van der Waals surface area contributed by atoms with E-state index >= 15 is 0 Å². The van der Waals surface area contributed by atoms with Gasteiger partial charge in [-0.05, 0) is 116 Å². The largest absolute Gasteiger partial charge is 0.462 e. The van der Waals surface area contributed by atoms with E-state index < -0.39 is 67.4 Å². The molecule has 0 aliphatic heterocycles. The summed E-state index contributed by atoms with van der Waals surface area (Å²) in [5, 5.41) is 10.9. The van der Waals surface area contributed by atoms with E-state index in [9.17, 15) is 71.5 Å². The van der Waals surface area contributed by atoms with Crippen molar-refractivity contribution in [1.82, 2.24) is 0 Å². The number of halogens is 13. The Labute approximate surface area is 562 Å². The number of para-hydroxylation sites is 1. The fraction of sp³-hybridized carbons (Fsp3) is 0.269. The molecule has 520 valence electrons. The van der Waals surface area contributed by atoms with E-state index in [1.54, 1.807) is 69.3 Å². The Morgan fingerprint density at radius 3 is 1.09 bits per heavy atom. The van der Waals surface area contributed by atoms with Crippen LogP contribution in [0.2, 0.25) is 0 Å². The molecule has 10 aromatic carbocycles. The van der Waals surface area contributed by atoms with Gasteiger partial charge in [-0.1, -0.05) is 204 Å². The molecule has 8 nitrogen and oxygen atoms in total. The first kappa shape index (κ1) is 75.0. The van der Waals surface area contributed by atoms with Crippen LogP contribution in [-0.4, -0.2) is 66.9 Å². The highest BCUT2D eigenvalue weighted by Crippen LogP contribution is 2.61. The number of hydrogen-bond donors (Lipinski definition) is 0. The molecule has 0 saturated carbocycles. The van der Waals surface area contributed by atoms with Gasteiger partial charge < -0.3 is 23.7 Å². The number of aryl methyl sites for hydroxylation is 1. The summed E-state index contributed by atoms with van der Waals surface area (Å²) in [5.41, 5.74) is 5.44. The maximum atomic E-state index is 14.2. The van der Waals surface area contributed by atoms with Gasteiger partial charge >= 0.3 is 53.7 Å². The molecule has 0 aliphatic carbocycles. The number of benzene rings is 10. The highest BCUT2D eigenvalue weighted by molar-refractivity contribution is 6.10. The number of carbonyl (C=O) groups is 3. The summed E-state index contributed by atoms with van der Waals surface area (Å²) in [5.74, 6) is -37.0. The maximum absolute atomic E-state index is 14.2. The SMILES string of the molecule is C=C(C)C(=O)OCCc1c2ccccc2c(CCCC)c2ccccc12.C=C(C)C(=O)OCc1c2ccccc2c(Oc2ccccc2)c2ccccc12.C=C(CC)C(=O)OCc1c2ccccc2c(COCCC(F)(F)C(F)(F)C(F)(F)C(F)(F)C(F)(F)C(F)(F)F)c2ccccc12. The van der Waals surface area contributed by atoms with E-state index in [-0.39, 0.29) is 30.3 Å². The molecule has 0 radical (unpaired) electrons. The van der Waals surface area contributed by atoms with Crippen LogP contribution in [-0.2, 0) is 66.0 Å². The van der Waals surface area contributed by atoms with Crippen LogP contribution in [0.1, 0.15) is 81.2 Å². The van der Waals surface area contributed by atoms with Crippen LogP contribution in [0.25, 0.3) is 64.6 Å². The van der Waals surface area contributed by atoms with E-state index in [0.717, 1.165) is 45.0 Å². The third kappa shape index (κ3) is 15.9. The first-order chi connectivity index (χ1) is 46.8. The third-order valence-corrected chi connectivity index (χ3v) is 16.5. The lowest BCUT2D eigenvalue weighted by Gasteiger charge is -2.39. The van der Waals surface area contributed by atoms with Crippen LogP contribution >= 0.6 is 0 Å². The number of ether oxygens (including phenoxy) is 5. The Balaban J connectivity index is 0.000000199. The Morgan fingerprint density at radius 1 is 0.374 bits per heavy atom. The van der Waals surface area contributed by atoms with Crippen LogP contribution in [0, 0.1) is 0 Å². The molecular weight excluding hydrogens is 1310 g/mol. The zero-order valence-electron chi connectivity index (χ0n) is 54.3. The molecule has 99 heavy (non-hydrogen) atoms. The summed E-state index contributed by atoms with van der Waals surface area (Å²) in [6, 6.07) is 55.6. The fourth-order valence-electron chi connectivity index (χ4n) is 11.2. The van der Waals surface area contributed by atoms with E-state index in [0.29, 0.717) is 57.7 Å². The Hall–Kier alpha value is -9.76. The number of esters is 3. The van der Waals surface area contributed by atoms with Crippen LogP contribution in [0.4, 0.5) is 57.1 Å². The van der Waals surface area contributed by atoms with Crippen molar-refractivity contribution in [2.45, 2.75) is 122 Å². The van der Waals surface area contributed by atoms with Gasteiger partial charge in [0.25, 0.3) is 0 Å². The molecule has 0 aliphatic rings. The van der Waals surface area contributed by atoms with E-state index in [4.69, 9.17) is 23.7 Å². The molecular formula is C78H69F13O8. The molecule has 0 unspecified atom stereocenters. The standard InChI is InChI=1S/C29H23F13O3.C25H20O3.C24H26O2/c1-3-16(2)23(43)45-15-22-19-10-6-4-8-17(19)21(18-9-5-7-11-20(18)22)14-44-13-12-24(30,31)25(32,33)26(34,35)27(36,37)28(38,39)29(40,41)42;1-17(2)25(26)27-16-23-19-12-6-8-14-21(19)24(22-15-9-7-13-20(22)23)28-18-10-4-3-5-11-18;1-4-5-10-18-19-11-6-8-13-21(19)23(15-16-26-24(25)17(2)3)22-14-9-7-12-20(18)22/h4-11H,2-3,12-15H2,1H3;3-15H,1,16H2,2H3;6-9,11-14H,2,4-5,10,15-16H2,1,3H3. The summed E-state index contributed by atoms with van der Waals surface area (Å²) < 4.78 is 202. The minimum atomic E-state index is -7.95. The lowest BCUT2D eigenvalue weighted by atomic mass is 9.88. The molecule has 10 rings (SSSR count). The smallest absolute Gasteiger partial charge is 0.460 e. The van der Waals surface area contributed by atoms with Crippen LogP contribution < -0.4 is 4.74 Å². The van der Waals surface area contributed by atoms with Crippen molar-refractivity contribution >= 4 is 82.5 Å². The number of alkyl halides is 13. The van der Waals surface area contributed by atoms with Crippen molar-refractivity contribution in [3.8, 4) is 11.5 Å². The number of rotatable bonds is 25. The van der Waals surface area contributed by atoms with Gasteiger partial charge in [0.05, 0.1) is 19.8 Å². The summed E-state index contributed by atoms with van der Waals surface area (Å²) in [6.45, 7) is 16.3. The van der Waals surface area contributed by atoms with Gasteiger partial charge in [-0.3, -0.25) is 0 Å². The molecule has 0 fully saturated rings. The van der Waals surface area contributed by atoms with Crippen molar-refractivity contribution in [3.63, 3.8) is 0 Å². The van der Waals surface area contributed by atoms with Gasteiger partial charge in [-0.25, -0.2) is 14.4 Å². The van der Waals surface area contributed by atoms with Crippen molar-refractivity contribution in [2.24, 2.45) is 0 Å². The zero-order valence-corrected chi connectivity index (χ0v) is 54.3. The van der Waals surface area contributed by atoms with Crippen molar-refractivity contribution in [3.05, 3.63) is 240 Å².